The first-order valence-electron chi connectivity index (χ1n) is 12.7. The van der Waals surface area contributed by atoms with Crippen molar-refractivity contribution in [2.24, 2.45) is 0 Å². The minimum absolute atomic E-state index is 1.07. The van der Waals surface area contributed by atoms with Crippen molar-refractivity contribution in [2.45, 2.75) is 110 Å². The van der Waals surface area contributed by atoms with Gasteiger partial charge in [0.2, 0.25) is 0 Å². The minimum atomic E-state index is 1.07. The van der Waals surface area contributed by atoms with Gasteiger partial charge in [-0.15, -0.1) is 0 Å². The van der Waals surface area contributed by atoms with Gasteiger partial charge in [0.1, 0.15) is 5.82 Å². The lowest BCUT2D eigenvalue weighted by Gasteiger charge is -2.03. The smallest absolute Gasteiger partial charge is 0.107 e. The van der Waals surface area contributed by atoms with Crippen LogP contribution in [-0.4, -0.2) is 9.97 Å². The van der Waals surface area contributed by atoms with Gasteiger partial charge in [-0.2, -0.15) is 0 Å². The maximum Gasteiger partial charge on any atom is 0.107 e. The van der Waals surface area contributed by atoms with E-state index in [4.69, 9.17) is 4.98 Å². The molecule has 3 rings (SSSR count). The van der Waals surface area contributed by atoms with Crippen LogP contribution in [0.1, 0.15) is 109 Å². The molecule has 1 heterocycles. The molecule has 0 atom stereocenters. The van der Waals surface area contributed by atoms with E-state index in [2.05, 4.69) is 48.3 Å². The zero-order valence-electron chi connectivity index (χ0n) is 19.2. The van der Waals surface area contributed by atoms with Crippen molar-refractivity contribution in [3.05, 3.63) is 42.2 Å². The number of fused-ring (bicyclic) bond motifs is 2. The van der Waals surface area contributed by atoms with Crippen molar-refractivity contribution >= 4 is 21.8 Å². The molecule has 0 amide bonds. The standard InChI is InChI=1S/C28H42N2/c1-2-3-4-5-6-7-8-9-10-11-12-13-14-15-16-21-28-29-26-22-24-19-17-18-20-25(24)23-27(26)30-28/h17-20,22-23H,2-16,21H2,1H3,(H,29,30). The third-order valence-corrected chi connectivity index (χ3v) is 6.42. The number of nitrogens with zero attached hydrogens (tertiary/aromatic N) is 1. The third-order valence-electron chi connectivity index (χ3n) is 6.42. The molecule has 0 radical (unpaired) electrons. The van der Waals surface area contributed by atoms with Crippen molar-refractivity contribution < 1.29 is 0 Å². The van der Waals surface area contributed by atoms with Gasteiger partial charge in [-0.1, -0.05) is 121 Å². The molecule has 0 saturated heterocycles. The summed E-state index contributed by atoms with van der Waals surface area (Å²) in [6.45, 7) is 2.29. The van der Waals surface area contributed by atoms with Crippen molar-refractivity contribution in [1.29, 1.82) is 0 Å². The number of benzene rings is 2. The zero-order valence-corrected chi connectivity index (χ0v) is 19.2. The Morgan fingerprint density at radius 3 is 1.70 bits per heavy atom. The predicted molar refractivity (Wildman–Crippen MR) is 132 cm³/mol. The zero-order chi connectivity index (χ0) is 20.9. The summed E-state index contributed by atoms with van der Waals surface area (Å²) in [5, 5.41) is 2.56. The Labute approximate surface area is 183 Å². The number of imidazole rings is 1. The predicted octanol–water partition coefficient (Wildman–Crippen LogP) is 9.13. The molecule has 2 nitrogen and oxygen atoms in total. The Morgan fingerprint density at radius 2 is 1.13 bits per heavy atom. The maximum atomic E-state index is 4.81. The minimum Gasteiger partial charge on any atom is -0.342 e. The van der Waals surface area contributed by atoms with Gasteiger partial charge in [-0.3, -0.25) is 0 Å². The number of hydrogen-bond acceptors (Lipinski definition) is 1. The average molecular weight is 407 g/mol. The molecule has 30 heavy (non-hydrogen) atoms. The van der Waals surface area contributed by atoms with E-state index in [9.17, 15) is 0 Å². The lowest BCUT2D eigenvalue weighted by Crippen LogP contribution is -1.89. The summed E-state index contributed by atoms with van der Waals surface area (Å²) in [6.07, 6.45) is 22.3. The van der Waals surface area contributed by atoms with Crippen LogP contribution in [0.2, 0.25) is 0 Å². The molecular weight excluding hydrogens is 364 g/mol. The number of aromatic amines is 1. The Hall–Kier alpha value is -1.83. The molecule has 0 aliphatic heterocycles. The summed E-state index contributed by atoms with van der Waals surface area (Å²) in [4.78, 5) is 8.34. The first-order valence-corrected chi connectivity index (χ1v) is 12.7. The molecule has 0 fully saturated rings. The molecule has 0 spiro atoms. The maximum absolute atomic E-state index is 4.81. The van der Waals surface area contributed by atoms with Gasteiger partial charge in [0.15, 0.2) is 0 Å². The number of nitrogens with one attached hydrogen (secondary N) is 1. The number of hydrogen-bond donors (Lipinski definition) is 1. The van der Waals surface area contributed by atoms with Crippen molar-refractivity contribution in [2.75, 3.05) is 0 Å². The summed E-state index contributed by atoms with van der Waals surface area (Å²) in [5.41, 5.74) is 2.27. The van der Waals surface area contributed by atoms with E-state index in [0.29, 0.717) is 0 Å². The fourth-order valence-electron chi connectivity index (χ4n) is 4.53. The molecule has 0 bridgehead atoms. The van der Waals surface area contributed by atoms with E-state index in [-0.39, 0.29) is 0 Å². The van der Waals surface area contributed by atoms with Crippen LogP contribution < -0.4 is 0 Å². The highest BCUT2D eigenvalue weighted by Crippen LogP contribution is 2.22. The molecule has 0 aliphatic carbocycles. The van der Waals surface area contributed by atoms with Crippen LogP contribution in [0.15, 0.2) is 36.4 Å². The van der Waals surface area contributed by atoms with Crippen LogP contribution in [0.25, 0.3) is 21.8 Å². The number of unbranched alkanes of at least 4 members (excludes halogenated alkanes) is 14. The highest BCUT2D eigenvalue weighted by atomic mass is 14.9. The molecule has 0 aliphatic rings. The quantitative estimate of drug-likeness (QED) is 0.236. The van der Waals surface area contributed by atoms with Crippen LogP contribution in [-0.2, 0) is 6.42 Å². The monoisotopic (exact) mass is 406 g/mol. The van der Waals surface area contributed by atoms with Crippen LogP contribution in [0.5, 0.6) is 0 Å². The molecule has 2 aromatic carbocycles. The second-order valence-corrected chi connectivity index (χ2v) is 9.10. The Bertz CT molecular complexity index is 796. The van der Waals surface area contributed by atoms with Gasteiger partial charge in [-0.25, -0.2) is 4.98 Å². The van der Waals surface area contributed by atoms with Gasteiger partial charge in [0.25, 0.3) is 0 Å². The van der Waals surface area contributed by atoms with E-state index in [1.165, 1.54) is 113 Å². The van der Waals surface area contributed by atoms with Crippen LogP contribution in [0, 0.1) is 0 Å². The molecule has 164 valence electrons. The number of aromatic nitrogens is 2. The largest absolute Gasteiger partial charge is 0.342 e. The van der Waals surface area contributed by atoms with Gasteiger partial charge >= 0.3 is 0 Å². The molecular formula is C28H42N2. The summed E-state index contributed by atoms with van der Waals surface area (Å²) >= 11 is 0. The molecule has 2 heteroatoms. The highest BCUT2D eigenvalue weighted by molar-refractivity contribution is 5.95. The Balaban J connectivity index is 1.19. The van der Waals surface area contributed by atoms with Gasteiger partial charge in [-0.05, 0) is 29.3 Å². The number of H-pyrrole nitrogens is 1. The van der Waals surface area contributed by atoms with Crippen LogP contribution in [0.4, 0.5) is 0 Å². The summed E-state index contributed by atoms with van der Waals surface area (Å²) in [7, 11) is 0. The lowest BCUT2D eigenvalue weighted by atomic mass is 10.0. The fraction of sp³-hybridized carbons (Fsp3) is 0.607. The lowest BCUT2D eigenvalue weighted by molar-refractivity contribution is 0.531. The van der Waals surface area contributed by atoms with E-state index >= 15 is 0 Å². The van der Waals surface area contributed by atoms with Crippen molar-refractivity contribution in [3.8, 4) is 0 Å². The van der Waals surface area contributed by atoms with Gasteiger partial charge in [0.05, 0.1) is 11.0 Å². The topological polar surface area (TPSA) is 28.7 Å². The SMILES string of the molecule is CCCCCCCCCCCCCCCCCc1nc2cc3ccccc3cc2[nH]1. The van der Waals surface area contributed by atoms with E-state index in [1.807, 2.05) is 0 Å². The second-order valence-electron chi connectivity index (χ2n) is 9.10. The molecule has 3 aromatic rings. The summed E-state index contributed by atoms with van der Waals surface area (Å²) in [6, 6.07) is 13.0. The highest BCUT2D eigenvalue weighted by Gasteiger charge is 2.04. The van der Waals surface area contributed by atoms with Crippen molar-refractivity contribution in [3.63, 3.8) is 0 Å². The Kier molecular flexibility index (Phi) is 10.3. The van der Waals surface area contributed by atoms with Gasteiger partial charge in [0, 0.05) is 6.42 Å². The fourth-order valence-corrected chi connectivity index (χ4v) is 4.53. The number of rotatable bonds is 16. The second kappa shape index (κ2) is 13.5. The molecule has 0 saturated carbocycles. The third kappa shape index (κ3) is 7.78. The normalized spacial score (nSPS) is 11.6. The number of aryl methyl sites for hydroxylation is 1. The molecule has 0 unspecified atom stereocenters. The summed E-state index contributed by atoms with van der Waals surface area (Å²) in [5.74, 6) is 1.15. The summed E-state index contributed by atoms with van der Waals surface area (Å²) < 4.78 is 0. The first kappa shape index (κ1) is 22.8. The van der Waals surface area contributed by atoms with Crippen LogP contribution in [0.3, 0.4) is 0 Å². The molecule has 1 aromatic heterocycles. The Morgan fingerprint density at radius 1 is 0.633 bits per heavy atom. The molecule has 1 N–H and O–H groups in total. The van der Waals surface area contributed by atoms with Crippen molar-refractivity contribution in [1.82, 2.24) is 9.97 Å². The first-order chi connectivity index (χ1) is 14.9. The average Bonchev–Trinajstić information content (AvgIpc) is 3.16. The van der Waals surface area contributed by atoms with Gasteiger partial charge < -0.3 is 4.98 Å². The van der Waals surface area contributed by atoms with E-state index in [1.54, 1.807) is 0 Å². The van der Waals surface area contributed by atoms with E-state index < -0.39 is 0 Å². The van der Waals surface area contributed by atoms with Crippen LogP contribution >= 0.6 is 0 Å². The van der Waals surface area contributed by atoms with E-state index in [0.717, 1.165) is 17.8 Å².